The first-order chi connectivity index (χ1) is 8.40. The van der Waals surface area contributed by atoms with Crippen LogP contribution in [0.15, 0.2) is 36.4 Å². The van der Waals surface area contributed by atoms with Crippen LogP contribution in [0.3, 0.4) is 0 Å². The van der Waals surface area contributed by atoms with Crippen LogP contribution in [-0.4, -0.2) is 41.1 Å². The van der Waals surface area contributed by atoms with Crippen LogP contribution in [0.1, 0.15) is 12.0 Å². The lowest BCUT2D eigenvalue weighted by Crippen LogP contribution is -2.29. The molecular weight excluding hydrogens is 226 g/mol. The van der Waals surface area contributed by atoms with E-state index in [0.29, 0.717) is 0 Å². The molecule has 1 fully saturated rings. The summed E-state index contributed by atoms with van der Waals surface area (Å²) < 4.78 is 5.73. The Morgan fingerprint density at radius 3 is 2.94 bits per heavy atom. The van der Waals surface area contributed by atoms with Gasteiger partial charge in [0.15, 0.2) is 0 Å². The predicted octanol–water partition coefficient (Wildman–Crippen LogP) is 1.53. The molecule has 1 heterocycles. The lowest BCUT2D eigenvalue weighted by molar-refractivity contribution is 0.0743. The van der Waals surface area contributed by atoms with E-state index in [1.807, 2.05) is 6.07 Å². The number of hydrogen-bond donors (Lipinski definition) is 0. The van der Waals surface area contributed by atoms with Gasteiger partial charge in [0.05, 0.1) is 6.61 Å². The van der Waals surface area contributed by atoms with E-state index in [-0.39, 0.29) is 6.23 Å². The van der Waals surface area contributed by atoms with E-state index in [2.05, 4.69) is 41.3 Å². The van der Waals surface area contributed by atoms with Crippen molar-refractivity contribution in [1.29, 1.82) is 0 Å². The highest BCUT2D eigenvalue weighted by atomic mass is 28.1. The van der Waals surface area contributed by atoms with E-state index >= 15 is 0 Å². The minimum absolute atomic E-state index is 0.184. The Labute approximate surface area is 107 Å². The summed E-state index contributed by atoms with van der Waals surface area (Å²) in [4.78, 5) is 2.43. The highest BCUT2D eigenvalue weighted by Crippen LogP contribution is 2.14. The zero-order valence-electron chi connectivity index (χ0n) is 10.5. The van der Waals surface area contributed by atoms with Gasteiger partial charge in [0.2, 0.25) is 0 Å². The monoisotopic (exact) mass is 247 g/mol. The van der Waals surface area contributed by atoms with Crippen molar-refractivity contribution >= 4 is 16.3 Å². The van der Waals surface area contributed by atoms with Crippen LogP contribution in [0.5, 0.6) is 0 Å². The van der Waals surface area contributed by atoms with Gasteiger partial charge in [-0.05, 0) is 18.1 Å². The summed E-state index contributed by atoms with van der Waals surface area (Å²) in [5.41, 5.74) is 1.24. The second kappa shape index (κ2) is 6.74. The second-order valence-electron chi connectivity index (χ2n) is 4.42. The standard InChI is InChI=1S/C14H21NOSi/c17-12-4-9-15-10-11-16-14(15)8-7-13-5-2-1-3-6-13/h1-3,5-8,14H,4,9-12H2,17H3/b8-7+. The molecule has 0 saturated carbocycles. The van der Waals surface area contributed by atoms with E-state index < -0.39 is 0 Å². The SMILES string of the molecule is [SiH3]CCCN1CCOC1/C=C/c1ccccc1. The Balaban J connectivity index is 1.91. The van der Waals surface area contributed by atoms with Crippen molar-refractivity contribution in [3.63, 3.8) is 0 Å². The molecule has 1 aliphatic rings. The van der Waals surface area contributed by atoms with E-state index in [4.69, 9.17) is 4.74 Å². The Kier molecular flexibility index (Phi) is 4.98. The molecule has 1 aromatic rings. The molecule has 1 atom stereocenters. The van der Waals surface area contributed by atoms with Gasteiger partial charge >= 0.3 is 0 Å². The fourth-order valence-electron chi connectivity index (χ4n) is 2.06. The molecule has 0 aromatic heterocycles. The second-order valence-corrected chi connectivity index (χ2v) is 5.42. The third kappa shape index (κ3) is 3.80. The molecule has 1 aromatic carbocycles. The van der Waals surface area contributed by atoms with Crippen molar-refractivity contribution in [3.05, 3.63) is 42.0 Å². The molecule has 0 radical (unpaired) electrons. The maximum atomic E-state index is 5.73. The average Bonchev–Trinajstić information content (AvgIpc) is 2.82. The lowest BCUT2D eigenvalue weighted by Gasteiger charge is -2.19. The van der Waals surface area contributed by atoms with Crippen LogP contribution >= 0.6 is 0 Å². The highest BCUT2D eigenvalue weighted by molar-refractivity contribution is 6.08. The number of benzene rings is 1. The van der Waals surface area contributed by atoms with Crippen LogP contribution in [0.4, 0.5) is 0 Å². The van der Waals surface area contributed by atoms with Crippen LogP contribution < -0.4 is 0 Å². The van der Waals surface area contributed by atoms with Crippen LogP contribution in [-0.2, 0) is 4.74 Å². The summed E-state index contributed by atoms with van der Waals surface area (Å²) in [6, 6.07) is 11.8. The maximum Gasteiger partial charge on any atom is 0.130 e. The van der Waals surface area contributed by atoms with Crippen molar-refractivity contribution in [1.82, 2.24) is 4.90 Å². The zero-order chi connectivity index (χ0) is 11.9. The summed E-state index contributed by atoms with van der Waals surface area (Å²) in [6.07, 6.45) is 5.83. The fraction of sp³-hybridized carbons (Fsp3) is 0.429. The predicted molar refractivity (Wildman–Crippen MR) is 76.2 cm³/mol. The molecule has 17 heavy (non-hydrogen) atoms. The van der Waals surface area contributed by atoms with E-state index in [1.165, 1.54) is 34.8 Å². The number of hydrogen-bond acceptors (Lipinski definition) is 2. The van der Waals surface area contributed by atoms with Crippen molar-refractivity contribution in [3.8, 4) is 0 Å². The van der Waals surface area contributed by atoms with Crippen molar-refractivity contribution in [2.45, 2.75) is 18.7 Å². The Morgan fingerprint density at radius 2 is 2.18 bits per heavy atom. The number of rotatable bonds is 5. The minimum Gasteiger partial charge on any atom is -0.358 e. The topological polar surface area (TPSA) is 12.5 Å². The van der Waals surface area contributed by atoms with Crippen molar-refractivity contribution in [2.75, 3.05) is 19.7 Å². The molecule has 0 bridgehead atoms. The van der Waals surface area contributed by atoms with E-state index in [9.17, 15) is 0 Å². The molecule has 1 unspecified atom stereocenters. The first kappa shape index (κ1) is 12.6. The first-order valence-corrected chi connectivity index (χ1v) is 7.90. The molecule has 2 nitrogen and oxygen atoms in total. The Hall–Kier alpha value is -0.903. The minimum atomic E-state index is 0.184. The quantitative estimate of drug-likeness (QED) is 0.732. The largest absolute Gasteiger partial charge is 0.358 e. The maximum absolute atomic E-state index is 5.73. The van der Waals surface area contributed by atoms with E-state index in [0.717, 1.165) is 13.2 Å². The third-order valence-corrected chi connectivity index (χ3v) is 3.79. The van der Waals surface area contributed by atoms with Crippen molar-refractivity contribution in [2.24, 2.45) is 0 Å². The van der Waals surface area contributed by atoms with Gasteiger partial charge < -0.3 is 4.74 Å². The molecule has 92 valence electrons. The van der Waals surface area contributed by atoms with Crippen molar-refractivity contribution < 1.29 is 4.74 Å². The van der Waals surface area contributed by atoms with Crippen LogP contribution in [0.25, 0.3) is 6.08 Å². The lowest BCUT2D eigenvalue weighted by atomic mass is 10.2. The first-order valence-electron chi connectivity index (χ1n) is 6.49. The molecular formula is C14H21NOSi. The summed E-state index contributed by atoms with van der Waals surface area (Å²) in [5.74, 6) is 0. The molecule has 0 amide bonds. The Bertz CT molecular complexity index is 352. The van der Waals surface area contributed by atoms with Gasteiger partial charge in [-0.1, -0.05) is 42.5 Å². The number of ether oxygens (including phenoxy) is 1. The molecule has 0 N–H and O–H groups in total. The van der Waals surface area contributed by atoms with Gasteiger partial charge in [-0.25, -0.2) is 0 Å². The van der Waals surface area contributed by atoms with Gasteiger partial charge in [-0.15, -0.1) is 0 Å². The third-order valence-electron chi connectivity index (χ3n) is 3.08. The summed E-state index contributed by atoms with van der Waals surface area (Å²) in [5, 5.41) is 0. The summed E-state index contributed by atoms with van der Waals surface area (Å²) >= 11 is 0. The van der Waals surface area contributed by atoms with Gasteiger partial charge in [0, 0.05) is 23.3 Å². The number of nitrogens with zero attached hydrogens (tertiary/aromatic N) is 1. The average molecular weight is 247 g/mol. The summed E-state index contributed by atoms with van der Waals surface area (Å²) in [6.45, 7) is 3.11. The molecule has 3 heteroatoms. The molecule has 1 aliphatic heterocycles. The van der Waals surface area contributed by atoms with Gasteiger partial charge in [0.1, 0.15) is 6.23 Å². The highest BCUT2D eigenvalue weighted by Gasteiger charge is 2.21. The zero-order valence-corrected chi connectivity index (χ0v) is 12.5. The van der Waals surface area contributed by atoms with Crippen LogP contribution in [0.2, 0.25) is 6.04 Å². The van der Waals surface area contributed by atoms with Gasteiger partial charge in [0.25, 0.3) is 0 Å². The molecule has 1 saturated heterocycles. The van der Waals surface area contributed by atoms with Gasteiger partial charge in [-0.2, -0.15) is 0 Å². The summed E-state index contributed by atoms with van der Waals surface area (Å²) in [7, 11) is 1.31. The smallest absolute Gasteiger partial charge is 0.130 e. The molecule has 0 spiro atoms. The van der Waals surface area contributed by atoms with Gasteiger partial charge in [-0.3, -0.25) is 4.90 Å². The Morgan fingerprint density at radius 1 is 1.35 bits per heavy atom. The van der Waals surface area contributed by atoms with Crippen LogP contribution in [0, 0.1) is 0 Å². The normalized spacial score (nSPS) is 21.5. The molecule has 0 aliphatic carbocycles. The molecule has 2 rings (SSSR count). The van der Waals surface area contributed by atoms with E-state index in [1.54, 1.807) is 0 Å². The fourth-order valence-corrected chi connectivity index (χ4v) is 2.37.